The third kappa shape index (κ3) is 3.66. The lowest BCUT2D eigenvalue weighted by atomic mass is 10.1. The third-order valence-electron chi connectivity index (χ3n) is 2.74. The number of carbonyl (C=O) groups is 1. The number of hydrogen-bond acceptors (Lipinski definition) is 4. The molecule has 2 rings (SSSR count). The van der Waals surface area contributed by atoms with E-state index in [0.29, 0.717) is 23.6 Å². The summed E-state index contributed by atoms with van der Waals surface area (Å²) in [5, 5.41) is 12.6. The van der Waals surface area contributed by atoms with Crippen molar-refractivity contribution in [3.63, 3.8) is 0 Å². The molecule has 0 saturated carbocycles. The molecule has 1 N–H and O–H groups in total. The second-order valence-corrected chi connectivity index (χ2v) is 4.22. The smallest absolute Gasteiger partial charge is 0.308 e. The lowest BCUT2D eigenvalue weighted by Crippen LogP contribution is -2.04. The number of aryl methyl sites for hydroxylation is 1. The van der Waals surface area contributed by atoms with Crippen LogP contribution in [0.2, 0.25) is 0 Å². The zero-order chi connectivity index (χ0) is 13.7. The fraction of sp³-hybridized carbons (Fsp3) is 0.286. The number of ether oxygens (including phenoxy) is 1. The number of nitrogens with zero attached hydrogens (tertiary/aromatic N) is 1. The van der Waals surface area contributed by atoms with E-state index in [2.05, 4.69) is 5.16 Å². The zero-order valence-electron chi connectivity index (χ0n) is 10.6. The van der Waals surface area contributed by atoms with E-state index in [0.717, 1.165) is 5.56 Å². The van der Waals surface area contributed by atoms with E-state index in [9.17, 15) is 4.79 Å². The molecular weight excluding hydrogens is 246 g/mol. The molecule has 0 bridgehead atoms. The van der Waals surface area contributed by atoms with Crippen molar-refractivity contribution >= 4 is 5.97 Å². The van der Waals surface area contributed by atoms with Crippen molar-refractivity contribution in [2.75, 3.05) is 0 Å². The van der Waals surface area contributed by atoms with Crippen LogP contribution in [0.3, 0.4) is 0 Å². The Morgan fingerprint density at radius 1 is 1.32 bits per heavy atom. The Morgan fingerprint density at radius 2 is 2.05 bits per heavy atom. The van der Waals surface area contributed by atoms with Crippen LogP contribution in [0.1, 0.15) is 22.6 Å². The number of carboxylic acid groups (broad SMARTS) is 1. The molecule has 0 saturated heterocycles. The highest BCUT2D eigenvalue weighted by Gasteiger charge is 2.15. The molecule has 1 aromatic heterocycles. The van der Waals surface area contributed by atoms with E-state index in [1.807, 2.05) is 30.3 Å². The first-order valence-corrected chi connectivity index (χ1v) is 5.94. The van der Waals surface area contributed by atoms with Crippen molar-refractivity contribution in [2.45, 2.75) is 26.6 Å². The van der Waals surface area contributed by atoms with Gasteiger partial charge in [-0.1, -0.05) is 35.5 Å². The summed E-state index contributed by atoms with van der Waals surface area (Å²) in [5.41, 5.74) is 2.25. The molecule has 0 aliphatic rings. The van der Waals surface area contributed by atoms with Crippen molar-refractivity contribution in [2.24, 2.45) is 0 Å². The van der Waals surface area contributed by atoms with Gasteiger partial charge in [0.15, 0.2) is 5.76 Å². The Bertz CT molecular complexity index is 548. The summed E-state index contributed by atoms with van der Waals surface area (Å²) in [7, 11) is 0. The standard InChI is InChI=1S/C14H15NO4/c1-10-12(7-14(16)17)13(19-15-10)9-18-8-11-5-3-2-4-6-11/h2-6H,7-9H2,1H3,(H,16,17). The summed E-state index contributed by atoms with van der Waals surface area (Å²) < 4.78 is 10.6. The first-order chi connectivity index (χ1) is 9.16. The van der Waals surface area contributed by atoms with Crippen LogP contribution in [0.25, 0.3) is 0 Å². The largest absolute Gasteiger partial charge is 0.481 e. The summed E-state index contributed by atoms with van der Waals surface area (Å²) in [6.45, 7) is 2.40. The van der Waals surface area contributed by atoms with Gasteiger partial charge in [0.05, 0.1) is 18.7 Å². The molecule has 1 aromatic carbocycles. The molecule has 0 spiro atoms. The lowest BCUT2D eigenvalue weighted by Gasteiger charge is -2.03. The van der Waals surface area contributed by atoms with E-state index in [1.54, 1.807) is 6.92 Å². The molecule has 0 amide bonds. The number of carboxylic acids is 1. The minimum Gasteiger partial charge on any atom is -0.481 e. The van der Waals surface area contributed by atoms with Gasteiger partial charge in [-0.3, -0.25) is 4.79 Å². The lowest BCUT2D eigenvalue weighted by molar-refractivity contribution is -0.136. The van der Waals surface area contributed by atoms with Gasteiger partial charge in [0.2, 0.25) is 0 Å². The van der Waals surface area contributed by atoms with E-state index < -0.39 is 5.97 Å². The van der Waals surface area contributed by atoms with Crippen LogP contribution in [-0.4, -0.2) is 16.2 Å². The molecule has 2 aromatic rings. The van der Waals surface area contributed by atoms with Gasteiger partial charge in [0.25, 0.3) is 0 Å². The second kappa shape index (κ2) is 6.15. The Kier molecular flexibility index (Phi) is 4.30. The van der Waals surface area contributed by atoms with Gasteiger partial charge in [-0.25, -0.2) is 0 Å². The Balaban J connectivity index is 1.94. The van der Waals surface area contributed by atoms with Crippen LogP contribution in [0.15, 0.2) is 34.9 Å². The van der Waals surface area contributed by atoms with Gasteiger partial charge in [-0.15, -0.1) is 0 Å². The van der Waals surface area contributed by atoms with Crippen LogP contribution in [0.5, 0.6) is 0 Å². The van der Waals surface area contributed by atoms with Crippen LogP contribution < -0.4 is 0 Å². The van der Waals surface area contributed by atoms with Crippen molar-refractivity contribution < 1.29 is 19.2 Å². The maximum Gasteiger partial charge on any atom is 0.308 e. The maximum atomic E-state index is 10.8. The number of rotatable bonds is 6. The molecule has 1 heterocycles. The highest BCUT2D eigenvalue weighted by atomic mass is 16.5. The van der Waals surface area contributed by atoms with E-state index in [-0.39, 0.29) is 13.0 Å². The first kappa shape index (κ1) is 13.3. The molecule has 19 heavy (non-hydrogen) atoms. The SMILES string of the molecule is Cc1noc(COCc2ccccc2)c1CC(=O)O. The predicted molar refractivity (Wildman–Crippen MR) is 67.5 cm³/mol. The molecule has 0 aliphatic heterocycles. The second-order valence-electron chi connectivity index (χ2n) is 4.22. The Hall–Kier alpha value is -2.14. The number of hydrogen-bond donors (Lipinski definition) is 1. The monoisotopic (exact) mass is 261 g/mol. The molecule has 0 atom stereocenters. The van der Waals surface area contributed by atoms with Gasteiger partial charge in [0.1, 0.15) is 6.61 Å². The average molecular weight is 261 g/mol. The highest BCUT2D eigenvalue weighted by Crippen LogP contribution is 2.16. The predicted octanol–water partition coefficient (Wildman–Crippen LogP) is 2.33. The molecule has 5 heteroatoms. The molecular formula is C14H15NO4. The van der Waals surface area contributed by atoms with Crippen molar-refractivity contribution in [1.82, 2.24) is 5.16 Å². The van der Waals surface area contributed by atoms with E-state index >= 15 is 0 Å². The molecule has 0 aliphatic carbocycles. The Morgan fingerprint density at radius 3 is 2.74 bits per heavy atom. The number of benzene rings is 1. The summed E-state index contributed by atoms with van der Waals surface area (Å²) in [6.07, 6.45) is -0.0979. The first-order valence-electron chi connectivity index (χ1n) is 5.94. The van der Waals surface area contributed by atoms with E-state index in [4.69, 9.17) is 14.4 Å². The molecule has 5 nitrogen and oxygen atoms in total. The Labute approximate surface area is 110 Å². The minimum absolute atomic E-state index is 0.0979. The zero-order valence-corrected chi connectivity index (χ0v) is 10.6. The summed E-state index contributed by atoms with van der Waals surface area (Å²) in [6, 6.07) is 9.74. The van der Waals surface area contributed by atoms with Gasteiger partial charge in [-0.2, -0.15) is 0 Å². The van der Waals surface area contributed by atoms with Crippen LogP contribution in [-0.2, 0) is 29.2 Å². The van der Waals surface area contributed by atoms with Crippen LogP contribution in [0, 0.1) is 6.92 Å². The van der Waals surface area contributed by atoms with Gasteiger partial charge in [-0.05, 0) is 12.5 Å². The summed E-state index contributed by atoms with van der Waals surface area (Å²) in [4.78, 5) is 10.8. The van der Waals surface area contributed by atoms with Crippen molar-refractivity contribution in [3.8, 4) is 0 Å². The topological polar surface area (TPSA) is 72.6 Å². The van der Waals surface area contributed by atoms with Crippen molar-refractivity contribution in [1.29, 1.82) is 0 Å². The highest BCUT2D eigenvalue weighted by molar-refractivity contribution is 5.70. The maximum absolute atomic E-state index is 10.8. The minimum atomic E-state index is -0.907. The van der Waals surface area contributed by atoms with Gasteiger partial charge < -0.3 is 14.4 Å². The molecule has 0 fully saturated rings. The number of aromatic nitrogens is 1. The fourth-order valence-electron chi connectivity index (χ4n) is 1.76. The van der Waals surface area contributed by atoms with Crippen LogP contribution >= 0.6 is 0 Å². The summed E-state index contributed by atoms with van der Waals surface area (Å²) in [5.74, 6) is -0.425. The molecule has 100 valence electrons. The van der Waals surface area contributed by atoms with Gasteiger partial charge >= 0.3 is 5.97 Å². The van der Waals surface area contributed by atoms with Crippen molar-refractivity contribution in [3.05, 3.63) is 52.9 Å². The van der Waals surface area contributed by atoms with Crippen LogP contribution in [0.4, 0.5) is 0 Å². The third-order valence-corrected chi connectivity index (χ3v) is 2.74. The average Bonchev–Trinajstić information content (AvgIpc) is 2.72. The molecule has 0 unspecified atom stereocenters. The number of aliphatic carboxylic acids is 1. The quantitative estimate of drug-likeness (QED) is 0.864. The summed E-state index contributed by atoms with van der Waals surface area (Å²) >= 11 is 0. The fourth-order valence-corrected chi connectivity index (χ4v) is 1.76. The molecule has 0 radical (unpaired) electrons. The van der Waals surface area contributed by atoms with E-state index in [1.165, 1.54) is 0 Å². The van der Waals surface area contributed by atoms with Gasteiger partial charge in [0, 0.05) is 5.56 Å². The normalized spacial score (nSPS) is 10.6.